The normalized spacial score (nSPS) is 15.1. The van der Waals surface area contributed by atoms with Crippen LogP contribution in [0.1, 0.15) is 35.0 Å². The predicted molar refractivity (Wildman–Crippen MR) is 113 cm³/mol. The third kappa shape index (κ3) is 4.39. The SMILES string of the molecule is COc1cccc(C(CNC(=O)c2ccc(-c3ccccc3F)o2)N2CCCC2)c1. The molecule has 6 heteroatoms. The van der Waals surface area contributed by atoms with Gasteiger partial charge in [-0.1, -0.05) is 24.3 Å². The Morgan fingerprint density at radius 1 is 1.13 bits per heavy atom. The fourth-order valence-corrected chi connectivity index (χ4v) is 3.90. The molecule has 1 fully saturated rings. The number of carbonyl (C=O) groups excluding carboxylic acids is 1. The minimum Gasteiger partial charge on any atom is -0.497 e. The van der Waals surface area contributed by atoms with Gasteiger partial charge >= 0.3 is 0 Å². The van der Waals surface area contributed by atoms with E-state index in [2.05, 4.69) is 16.3 Å². The summed E-state index contributed by atoms with van der Waals surface area (Å²) in [7, 11) is 1.65. The second-order valence-corrected chi connectivity index (χ2v) is 7.39. The molecule has 0 bridgehead atoms. The molecule has 1 aliphatic rings. The van der Waals surface area contributed by atoms with Gasteiger partial charge in [0.05, 0.1) is 18.7 Å². The van der Waals surface area contributed by atoms with Gasteiger partial charge in [-0.3, -0.25) is 9.69 Å². The van der Waals surface area contributed by atoms with Crippen LogP contribution in [-0.4, -0.2) is 37.6 Å². The van der Waals surface area contributed by atoms with E-state index in [0.29, 0.717) is 17.9 Å². The summed E-state index contributed by atoms with van der Waals surface area (Å²) in [5, 5.41) is 2.98. The van der Waals surface area contributed by atoms with Crippen LogP contribution in [0.5, 0.6) is 5.75 Å². The van der Waals surface area contributed by atoms with Crippen LogP contribution in [0.2, 0.25) is 0 Å². The molecule has 1 aliphatic heterocycles. The van der Waals surface area contributed by atoms with Crippen LogP contribution in [0.4, 0.5) is 4.39 Å². The van der Waals surface area contributed by atoms with Crippen LogP contribution in [-0.2, 0) is 0 Å². The molecular formula is C24H25FN2O3. The van der Waals surface area contributed by atoms with Crippen LogP contribution >= 0.6 is 0 Å². The summed E-state index contributed by atoms with van der Waals surface area (Å²) in [5.41, 5.74) is 1.44. The Kier molecular flexibility index (Phi) is 6.14. The number of ether oxygens (including phenoxy) is 1. The number of nitrogens with one attached hydrogen (secondary N) is 1. The molecule has 156 valence electrons. The Balaban J connectivity index is 1.48. The maximum atomic E-state index is 14.0. The van der Waals surface area contributed by atoms with E-state index in [-0.39, 0.29) is 23.5 Å². The molecule has 0 spiro atoms. The highest BCUT2D eigenvalue weighted by Crippen LogP contribution is 2.28. The van der Waals surface area contributed by atoms with Crippen molar-refractivity contribution in [3.05, 3.63) is 77.8 Å². The Labute approximate surface area is 175 Å². The maximum absolute atomic E-state index is 14.0. The van der Waals surface area contributed by atoms with Gasteiger partial charge < -0.3 is 14.5 Å². The van der Waals surface area contributed by atoms with Gasteiger partial charge in [0.25, 0.3) is 5.91 Å². The Morgan fingerprint density at radius 3 is 2.70 bits per heavy atom. The number of furan rings is 1. The molecule has 30 heavy (non-hydrogen) atoms. The minimum atomic E-state index is -0.383. The minimum absolute atomic E-state index is 0.0487. The molecule has 4 rings (SSSR count). The molecule has 1 N–H and O–H groups in total. The third-order valence-corrected chi connectivity index (χ3v) is 5.49. The molecule has 1 amide bonds. The largest absolute Gasteiger partial charge is 0.497 e. The van der Waals surface area contributed by atoms with Gasteiger partial charge in [-0.25, -0.2) is 4.39 Å². The van der Waals surface area contributed by atoms with Crippen LogP contribution in [0, 0.1) is 5.82 Å². The van der Waals surface area contributed by atoms with Crippen molar-refractivity contribution in [1.29, 1.82) is 0 Å². The van der Waals surface area contributed by atoms with E-state index in [4.69, 9.17) is 9.15 Å². The molecule has 2 heterocycles. The fraction of sp³-hybridized carbons (Fsp3) is 0.292. The lowest BCUT2D eigenvalue weighted by Crippen LogP contribution is -2.36. The highest BCUT2D eigenvalue weighted by atomic mass is 19.1. The van der Waals surface area contributed by atoms with Gasteiger partial charge in [-0.2, -0.15) is 0 Å². The van der Waals surface area contributed by atoms with Crippen molar-refractivity contribution in [1.82, 2.24) is 10.2 Å². The maximum Gasteiger partial charge on any atom is 0.287 e. The van der Waals surface area contributed by atoms with Crippen molar-refractivity contribution in [2.75, 3.05) is 26.7 Å². The Hall–Kier alpha value is -3.12. The summed E-state index contributed by atoms with van der Waals surface area (Å²) in [4.78, 5) is 15.1. The third-order valence-electron chi connectivity index (χ3n) is 5.49. The van der Waals surface area contributed by atoms with Gasteiger partial charge in [0.15, 0.2) is 5.76 Å². The number of hydrogen-bond acceptors (Lipinski definition) is 4. The first-order chi connectivity index (χ1) is 14.7. The van der Waals surface area contributed by atoms with Crippen molar-refractivity contribution >= 4 is 5.91 Å². The van der Waals surface area contributed by atoms with Crippen molar-refractivity contribution in [2.24, 2.45) is 0 Å². The van der Waals surface area contributed by atoms with E-state index in [1.165, 1.54) is 6.07 Å². The van der Waals surface area contributed by atoms with E-state index in [0.717, 1.165) is 37.2 Å². The highest BCUT2D eigenvalue weighted by molar-refractivity contribution is 5.92. The molecule has 0 radical (unpaired) electrons. The van der Waals surface area contributed by atoms with Crippen LogP contribution in [0.3, 0.4) is 0 Å². The summed E-state index contributed by atoms with van der Waals surface area (Å²) in [6.45, 7) is 2.44. The van der Waals surface area contributed by atoms with E-state index in [1.54, 1.807) is 37.4 Å². The predicted octanol–water partition coefficient (Wildman–Crippen LogP) is 4.66. The second kappa shape index (κ2) is 9.13. The first-order valence-electron chi connectivity index (χ1n) is 10.2. The van der Waals surface area contributed by atoms with Gasteiger partial charge in [-0.15, -0.1) is 0 Å². The number of rotatable bonds is 7. The molecule has 5 nitrogen and oxygen atoms in total. The Morgan fingerprint density at radius 2 is 1.93 bits per heavy atom. The van der Waals surface area contributed by atoms with Gasteiger partial charge in [0.2, 0.25) is 0 Å². The molecule has 2 aromatic carbocycles. The van der Waals surface area contributed by atoms with Crippen LogP contribution < -0.4 is 10.1 Å². The van der Waals surface area contributed by atoms with Crippen LogP contribution in [0.25, 0.3) is 11.3 Å². The number of amides is 1. The standard InChI is InChI=1S/C24H25FN2O3/c1-29-18-8-6-7-17(15-18)21(27-13-4-5-14-27)16-26-24(28)23-12-11-22(30-23)19-9-2-3-10-20(19)25/h2-3,6-12,15,21H,4-5,13-14,16H2,1H3,(H,26,28). The van der Waals surface area contributed by atoms with Crippen molar-refractivity contribution in [3.63, 3.8) is 0 Å². The monoisotopic (exact) mass is 408 g/mol. The second-order valence-electron chi connectivity index (χ2n) is 7.39. The van der Waals surface area contributed by atoms with E-state index >= 15 is 0 Å². The zero-order chi connectivity index (χ0) is 20.9. The lowest BCUT2D eigenvalue weighted by Gasteiger charge is -2.28. The van der Waals surface area contributed by atoms with Crippen molar-refractivity contribution in [3.8, 4) is 17.1 Å². The number of halogens is 1. The number of benzene rings is 2. The molecule has 1 saturated heterocycles. The number of carbonyl (C=O) groups is 1. The number of hydrogen-bond donors (Lipinski definition) is 1. The number of methoxy groups -OCH3 is 1. The van der Waals surface area contributed by atoms with E-state index < -0.39 is 0 Å². The van der Waals surface area contributed by atoms with Gasteiger partial charge in [-0.05, 0) is 67.9 Å². The van der Waals surface area contributed by atoms with Crippen molar-refractivity contribution < 1.29 is 18.3 Å². The summed E-state index contributed by atoms with van der Waals surface area (Å²) in [5.74, 6) is 0.598. The fourth-order valence-electron chi connectivity index (χ4n) is 3.90. The zero-order valence-corrected chi connectivity index (χ0v) is 16.9. The molecule has 1 atom stereocenters. The molecule has 3 aromatic rings. The van der Waals surface area contributed by atoms with Gasteiger partial charge in [0, 0.05) is 6.54 Å². The summed E-state index contributed by atoms with van der Waals surface area (Å²) in [6.07, 6.45) is 2.30. The summed E-state index contributed by atoms with van der Waals surface area (Å²) >= 11 is 0. The number of likely N-dealkylation sites (tertiary alicyclic amines) is 1. The summed E-state index contributed by atoms with van der Waals surface area (Å²) in [6, 6.07) is 17.5. The van der Waals surface area contributed by atoms with Crippen molar-refractivity contribution in [2.45, 2.75) is 18.9 Å². The number of nitrogens with zero attached hydrogens (tertiary/aromatic N) is 1. The average molecular weight is 408 g/mol. The van der Waals surface area contributed by atoms with Crippen LogP contribution in [0.15, 0.2) is 65.1 Å². The topological polar surface area (TPSA) is 54.7 Å². The first kappa shape index (κ1) is 20.2. The summed E-state index contributed by atoms with van der Waals surface area (Å²) < 4.78 is 25.0. The molecule has 0 saturated carbocycles. The van der Waals surface area contributed by atoms with E-state index in [1.807, 2.05) is 18.2 Å². The Bertz CT molecular complexity index is 1010. The molecule has 1 unspecified atom stereocenters. The van der Waals surface area contributed by atoms with Gasteiger partial charge in [0.1, 0.15) is 17.3 Å². The van der Waals surface area contributed by atoms with E-state index in [9.17, 15) is 9.18 Å². The lowest BCUT2D eigenvalue weighted by atomic mass is 10.0. The average Bonchev–Trinajstić information content (AvgIpc) is 3.47. The molecule has 0 aliphatic carbocycles. The quantitative estimate of drug-likeness (QED) is 0.618. The smallest absolute Gasteiger partial charge is 0.287 e. The zero-order valence-electron chi connectivity index (χ0n) is 16.9. The lowest BCUT2D eigenvalue weighted by molar-refractivity contribution is 0.0911. The highest BCUT2D eigenvalue weighted by Gasteiger charge is 2.25. The first-order valence-corrected chi connectivity index (χ1v) is 10.2. The molecular weight excluding hydrogens is 383 g/mol. The molecule has 1 aromatic heterocycles.